The average molecular weight is 485 g/mol. The highest BCUT2D eigenvalue weighted by atomic mass is 79.9. The third-order valence-corrected chi connectivity index (χ3v) is 6.48. The molecule has 2 aromatic carbocycles. The Morgan fingerprint density at radius 1 is 1.07 bits per heavy atom. The van der Waals surface area contributed by atoms with Gasteiger partial charge in [0.15, 0.2) is 0 Å². The van der Waals surface area contributed by atoms with Crippen molar-refractivity contribution in [2.75, 3.05) is 0 Å². The molecule has 1 heterocycles. The van der Waals surface area contributed by atoms with Crippen LogP contribution in [0.25, 0.3) is 11.3 Å². The Morgan fingerprint density at radius 2 is 1.77 bits per heavy atom. The summed E-state index contributed by atoms with van der Waals surface area (Å²) >= 11 is 5.00. The second kappa shape index (κ2) is 9.49. The molecule has 0 unspecified atom stereocenters. The summed E-state index contributed by atoms with van der Waals surface area (Å²) in [6, 6.07) is 14.8. The molecule has 1 saturated carbocycles. The zero-order chi connectivity index (χ0) is 20.9. The topological polar surface area (TPSA) is 72.8 Å². The molecule has 4 rings (SSSR count). The van der Waals surface area contributed by atoms with Crippen LogP contribution in [0.3, 0.4) is 0 Å². The molecule has 1 aliphatic carbocycles. The summed E-state index contributed by atoms with van der Waals surface area (Å²) in [6.07, 6.45) is 7.76. The van der Waals surface area contributed by atoms with Gasteiger partial charge in [-0.05, 0) is 42.7 Å². The van der Waals surface area contributed by atoms with Gasteiger partial charge in [0.1, 0.15) is 0 Å². The predicted molar refractivity (Wildman–Crippen MR) is 124 cm³/mol. The molecule has 0 radical (unpaired) electrons. The maximum absolute atomic E-state index is 11.0. The molecule has 154 valence electrons. The first-order chi connectivity index (χ1) is 14.6. The second-order valence-corrected chi connectivity index (χ2v) is 8.99. The normalized spacial score (nSPS) is 15.7. The maximum Gasteiger partial charge on any atom is 0.269 e. The number of thiazole rings is 1. The lowest BCUT2D eigenvalue weighted by molar-refractivity contribution is -0.384. The van der Waals surface area contributed by atoms with Crippen molar-refractivity contribution in [2.45, 2.75) is 38.1 Å². The maximum atomic E-state index is 11.0. The van der Waals surface area contributed by atoms with Crippen LogP contribution in [0, 0.1) is 10.1 Å². The molecule has 0 N–H and O–H groups in total. The lowest BCUT2D eigenvalue weighted by Crippen LogP contribution is -2.19. The van der Waals surface area contributed by atoms with E-state index in [-0.39, 0.29) is 10.6 Å². The minimum absolute atomic E-state index is 0.0750. The van der Waals surface area contributed by atoms with Gasteiger partial charge in [0.25, 0.3) is 5.69 Å². The third kappa shape index (κ3) is 4.94. The number of aromatic nitrogens is 1. The van der Waals surface area contributed by atoms with Crippen molar-refractivity contribution in [2.24, 2.45) is 10.1 Å². The fourth-order valence-electron chi connectivity index (χ4n) is 3.49. The van der Waals surface area contributed by atoms with E-state index in [1.54, 1.807) is 23.5 Å². The Labute approximate surface area is 186 Å². The number of rotatable bonds is 5. The van der Waals surface area contributed by atoms with Crippen LogP contribution in [0.1, 0.15) is 37.7 Å². The lowest BCUT2D eigenvalue weighted by atomic mass is 9.96. The third-order valence-electron chi connectivity index (χ3n) is 5.12. The molecule has 1 aromatic heterocycles. The van der Waals surface area contributed by atoms with E-state index in [0.29, 0.717) is 6.04 Å². The highest BCUT2D eigenvalue weighted by Gasteiger charge is 2.14. The highest BCUT2D eigenvalue weighted by molar-refractivity contribution is 9.10. The number of nitrogens with zero attached hydrogens (tertiary/aromatic N) is 4. The Kier molecular flexibility index (Phi) is 6.54. The molecular formula is C22H21BrN4O2S. The van der Waals surface area contributed by atoms with Crippen molar-refractivity contribution in [1.82, 2.24) is 4.68 Å². The Hall–Kier alpha value is -2.58. The van der Waals surface area contributed by atoms with Gasteiger partial charge >= 0.3 is 0 Å². The molecule has 8 heteroatoms. The molecule has 0 amide bonds. The summed E-state index contributed by atoms with van der Waals surface area (Å²) in [7, 11) is 0. The highest BCUT2D eigenvalue weighted by Crippen LogP contribution is 2.24. The van der Waals surface area contributed by atoms with Crippen LogP contribution in [0.15, 0.2) is 68.5 Å². The number of benzene rings is 2. The first-order valence-corrected chi connectivity index (χ1v) is 11.6. The van der Waals surface area contributed by atoms with Gasteiger partial charge in [-0.25, -0.2) is 4.68 Å². The van der Waals surface area contributed by atoms with Gasteiger partial charge in [0, 0.05) is 27.5 Å². The van der Waals surface area contributed by atoms with Crippen LogP contribution in [0.5, 0.6) is 0 Å². The van der Waals surface area contributed by atoms with E-state index in [4.69, 9.17) is 10.1 Å². The summed E-state index contributed by atoms with van der Waals surface area (Å²) in [5.74, 6) is 0. The number of non-ortho nitro benzene ring substituents is 1. The molecule has 6 nitrogen and oxygen atoms in total. The molecule has 3 aromatic rings. The SMILES string of the molecule is O=[N+]([O-])c1ccc(-c2csc(=NC3CCCCC3)n2N=Cc2ccc(Br)cc2)cc1. The molecule has 0 saturated heterocycles. The first kappa shape index (κ1) is 20.7. The molecule has 0 spiro atoms. The minimum Gasteiger partial charge on any atom is -0.258 e. The van der Waals surface area contributed by atoms with E-state index < -0.39 is 0 Å². The van der Waals surface area contributed by atoms with Crippen molar-refractivity contribution < 1.29 is 4.92 Å². The standard InChI is InChI=1S/C22H21BrN4O2S/c23-18-10-6-16(7-11-18)14-24-26-21(17-8-12-20(13-9-17)27(28)29)15-30-22(26)25-19-4-2-1-3-5-19/h6-15,19H,1-5H2. The summed E-state index contributed by atoms with van der Waals surface area (Å²) < 4.78 is 2.87. The number of nitro benzene ring substituents is 1. The molecule has 0 bridgehead atoms. The van der Waals surface area contributed by atoms with Crippen molar-refractivity contribution in [3.63, 3.8) is 0 Å². The Morgan fingerprint density at radius 3 is 2.43 bits per heavy atom. The van der Waals surface area contributed by atoms with Crippen LogP contribution in [0.4, 0.5) is 5.69 Å². The van der Waals surface area contributed by atoms with Gasteiger partial charge in [0.05, 0.1) is 22.9 Å². The van der Waals surface area contributed by atoms with Crippen molar-refractivity contribution >= 4 is 39.2 Å². The van der Waals surface area contributed by atoms with Crippen LogP contribution in [-0.4, -0.2) is 21.9 Å². The smallest absolute Gasteiger partial charge is 0.258 e. The molecule has 1 aliphatic rings. The van der Waals surface area contributed by atoms with Gasteiger partial charge in [-0.2, -0.15) is 5.10 Å². The summed E-state index contributed by atoms with van der Waals surface area (Å²) in [5.41, 5.74) is 2.80. The summed E-state index contributed by atoms with van der Waals surface area (Å²) in [6.45, 7) is 0. The number of hydrogen-bond acceptors (Lipinski definition) is 5. The van der Waals surface area contributed by atoms with Crippen molar-refractivity contribution in [3.05, 3.63) is 78.9 Å². The van der Waals surface area contributed by atoms with E-state index in [9.17, 15) is 10.1 Å². The summed E-state index contributed by atoms with van der Waals surface area (Å²) in [4.78, 5) is 16.4. The minimum atomic E-state index is -0.388. The average Bonchev–Trinajstić information content (AvgIpc) is 3.16. The zero-order valence-corrected chi connectivity index (χ0v) is 18.7. The molecule has 30 heavy (non-hydrogen) atoms. The zero-order valence-electron chi connectivity index (χ0n) is 16.3. The number of halogens is 1. The lowest BCUT2D eigenvalue weighted by Gasteiger charge is -2.16. The summed E-state index contributed by atoms with van der Waals surface area (Å²) in [5, 5.41) is 17.7. The Bertz CT molecular complexity index is 1110. The van der Waals surface area contributed by atoms with Crippen LogP contribution in [-0.2, 0) is 0 Å². The number of hydrogen-bond donors (Lipinski definition) is 0. The fourth-order valence-corrected chi connectivity index (χ4v) is 4.66. The first-order valence-electron chi connectivity index (χ1n) is 9.89. The van der Waals surface area contributed by atoms with E-state index in [0.717, 1.165) is 38.9 Å². The van der Waals surface area contributed by atoms with Crippen molar-refractivity contribution in [1.29, 1.82) is 0 Å². The van der Waals surface area contributed by atoms with Crippen LogP contribution >= 0.6 is 27.3 Å². The van der Waals surface area contributed by atoms with Gasteiger partial charge in [-0.15, -0.1) is 11.3 Å². The second-order valence-electron chi connectivity index (χ2n) is 7.24. The van der Waals surface area contributed by atoms with E-state index in [1.165, 1.54) is 31.4 Å². The van der Waals surface area contributed by atoms with Crippen LogP contribution < -0.4 is 4.80 Å². The van der Waals surface area contributed by atoms with E-state index in [1.807, 2.05) is 40.5 Å². The molecule has 1 fully saturated rings. The van der Waals surface area contributed by atoms with E-state index in [2.05, 4.69) is 15.9 Å². The van der Waals surface area contributed by atoms with Gasteiger partial charge in [-0.3, -0.25) is 15.1 Å². The van der Waals surface area contributed by atoms with Gasteiger partial charge in [0.2, 0.25) is 4.80 Å². The predicted octanol–water partition coefficient (Wildman–Crippen LogP) is 6.00. The largest absolute Gasteiger partial charge is 0.269 e. The van der Waals surface area contributed by atoms with E-state index >= 15 is 0 Å². The Balaban J connectivity index is 1.74. The van der Waals surface area contributed by atoms with Crippen LogP contribution in [0.2, 0.25) is 0 Å². The molecule has 0 aliphatic heterocycles. The molecular weight excluding hydrogens is 464 g/mol. The molecule has 0 atom stereocenters. The number of nitro groups is 1. The fraction of sp³-hybridized carbons (Fsp3) is 0.273. The monoisotopic (exact) mass is 484 g/mol. The van der Waals surface area contributed by atoms with Crippen molar-refractivity contribution in [3.8, 4) is 11.3 Å². The quantitative estimate of drug-likeness (QED) is 0.253. The van der Waals surface area contributed by atoms with Gasteiger partial charge in [-0.1, -0.05) is 47.3 Å². The van der Waals surface area contributed by atoms with Gasteiger partial charge < -0.3 is 0 Å².